The van der Waals surface area contributed by atoms with Gasteiger partial charge in [0.05, 0.1) is 27.4 Å². The second kappa shape index (κ2) is 5.30. The Labute approximate surface area is 135 Å². The molecule has 0 saturated heterocycles. The van der Waals surface area contributed by atoms with E-state index in [1.807, 2.05) is 12.1 Å². The molecule has 2 heterocycles. The van der Waals surface area contributed by atoms with Crippen LogP contribution in [0.2, 0.25) is 10.0 Å². The van der Waals surface area contributed by atoms with Gasteiger partial charge in [0.25, 0.3) is 5.24 Å². The van der Waals surface area contributed by atoms with Gasteiger partial charge in [0.2, 0.25) is 0 Å². The van der Waals surface area contributed by atoms with E-state index in [1.54, 1.807) is 23.7 Å². The third kappa shape index (κ3) is 2.39. The highest BCUT2D eigenvalue weighted by Gasteiger charge is 2.18. The van der Waals surface area contributed by atoms with Crippen LogP contribution < -0.4 is 0 Å². The molecule has 0 atom stereocenters. The molecule has 2 aromatic heterocycles. The average Bonchev–Trinajstić information content (AvgIpc) is 2.78. The molecule has 3 rings (SSSR count). The molecule has 4 nitrogen and oxygen atoms in total. The van der Waals surface area contributed by atoms with Crippen LogP contribution in [0.1, 0.15) is 16.1 Å². The van der Waals surface area contributed by atoms with Gasteiger partial charge >= 0.3 is 0 Å². The first-order valence-electron chi connectivity index (χ1n) is 5.98. The largest absolute Gasteiger partial charge is 0.275 e. The topological polar surface area (TPSA) is 47.8 Å². The van der Waals surface area contributed by atoms with Gasteiger partial charge in [0.1, 0.15) is 0 Å². The predicted molar refractivity (Wildman–Crippen MR) is 83.8 cm³/mol. The number of carbonyl (C=O) groups excluding carboxylic acids is 1. The number of aromatic nitrogens is 3. The van der Waals surface area contributed by atoms with Gasteiger partial charge in [0, 0.05) is 11.2 Å². The Morgan fingerprint density at radius 3 is 2.48 bits per heavy atom. The number of benzene rings is 1. The van der Waals surface area contributed by atoms with Crippen molar-refractivity contribution in [3.63, 3.8) is 0 Å². The fourth-order valence-corrected chi connectivity index (χ4v) is 2.78. The zero-order valence-corrected chi connectivity index (χ0v) is 13.0. The summed E-state index contributed by atoms with van der Waals surface area (Å²) in [7, 11) is 0. The number of fused-ring (bicyclic) bond motifs is 1. The van der Waals surface area contributed by atoms with E-state index in [-0.39, 0.29) is 10.6 Å². The van der Waals surface area contributed by atoms with Gasteiger partial charge in [-0.05, 0) is 42.8 Å². The molecule has 21 heavy (non-hydrogen) atoms. The SMILES string of the molecule is Cc1nn(-c2ccc(Cl)cc2)c2ncc(C(=O)Cl)c(Cl)c12. The van der Waals surface area contributed by atoms with Crippen molar-refractivity contribution in [2.45, 2.75) is 6.92 Å². The number of rotatable bonds is 2. The highest BCUT2D eigenvalue weighted by atomic mass is 35.5. The Morgan fingerprint density at radius 2 is 1.86 bits per heavy atom. The first kappa shape index (κ1) is 14.3. The van der Waals surface area contributed by atoms with E-state index < -0.39 is 5.24 Å². The van der Waals surface area contributed by atoms with E-state index in [2.05, 4.69) is 10.1 Å². The van der Waals surface area contributed by atoms with Gasteiger partial charge in [-0.1, -0.05) is 23.2 Å². The minimum Gasteiger partial charge on any atom is -0.275 e. The maximum Gasteiger partial charge on any atom is 0.255 e. The van der Waals surface area contributed by atoms with E-state index in [0.717, 1.165) is 5.69 Å². The van der Waals surface area contributed by atoms with Crippen LogP contribution in [0.15, 0.2) is 30.5 Å². The van der Waals surface area contributed by atoms with Crippen LogP contribution in [0.25, 0.3) is 16.7 Å². The summed E-state index contributed by atoms with van der Waals surface area (Å²) >= 11 is 17.6. The molecule has 0 aliphatic heterocycles. The summed E-state index contributed by atoms with van der Waals surface area (Å²) in [5, 5.41) is 5.28. The third-order valence-corrected chi connectivity index (χ3v) is 3.94. The summed E-state index contributed by atoms with van der Waals surface area (Å²) < 4.78 is 1.65. The number of hydrogen-bond donors (Lipinski definition) is 0. The summed E-state index contributed by atoms with van der Waals surface area (Å²) in [6.45, 7) is 1.80. The number of nitrogens with zero attached hydrogens (tertiary/aromatic N) is 3. The maximum absolute atomic E-state index is 11.3. The lowest BCUT2D eigenvalue weighted by molar-refractivity contribution is 0.108. The van der Waals surface area contributed by atoms with E-state index in [0.29, 0.717) is 21.7 Å². The smallest absolute Gasteiger partial charge is 0.255 e. The quantitative estimate of drug-likeness (QED) is 0.649. The molecule has 0 N–H and O–H groups in total. The van der Waals surface area contributed by atoms with Crippen molar-refractivity contribution in [3.8, 4) is 5.69 Å². The standard InChI is InChI=1S/C14H8Cl3N3O/c1-7-11-12(16)10(13(17)21)6-18-14(11)20(19-7)9-4-2-8(15)3-5-9/h2-6H,1H3. The average molecular weight is 341 g/mol. The zero-order valence-electron chi connectivity index (χ0n) is 10.8. The molecule has 1 aromatic carbocycles. The highest BCUT2D eigenvalue weighted by Crippen LogP contribution is 2.30. The normalized spacial score (nSPS) is 11.0. The van der Waals surface area contributed by atoms with Crippen molar-refractivity contribution in [1.82, 2.24) is 14.8 Å². The minimum atomic E-state index is -0.645. The second-order valence-corrected chi connectivity index (χ2v) is 5.59. The predicted octanol–water partition coefficient (Wildman–Crippen LogP) is 4.41. The molecule has 0 bridgehead atoms. The molecule has 0 fully saturated rings. The van der Waals surface area contributed by atoms with Gasteiger partial charge in [-0.2, -0.15) is 5.10 Å². The van der Waals surface area contributed by atoms with Gasteiger partial charge in [-0.3, -0.25) is 4.79 Å². The lowest BCUT2D eigenvalue weighted by Gasteiger charge is -2.04. The Bertz CT molecular complexity index is 856. The van der Waals surface area contributed by atoms with Crippen LogP contribution in [0, 0.1) is 6.92 Å². The summed E-state index contributed by atoms with van der Waals surface area (Å²) in [6.07, 6.45) is 1.35. The molecule has 3 aromatic rings. The molecule has 0 amide bonds. The molecule has 106 valence electrons. The molecule has 0 aliphatic rings. The Hall–Kier alpha value is -1.62. The van der Waals surface area contributed by atoms with Crippen LogP contribution >= 0.6 is 34.8 Å². The van der Waals surface area contributed by atoms with Crippen LogP contribution in [0.4, 0.5) is 0 Å². The summed E-state index contributed by atoms with van der Waals surface area (Å²) in [4.78, 5) is 15.6. The summed E-state index contributed by atoms with van der Waals surface area (Å²) in [6, 6.07) is 7.17. The van der Waals surface area contributed by atoms with Gasteiger partial charge in [0.15, 0.2) is 5.65 Å². The number of pyridine rings is 1. The van der Waals surface area contributed by atoms with Crippen molar-refractivity contribution in [2.24, 2.45) is 0 Å². The Morgan fingerprint density at radius 1 is 1.19 bits per heavy atom. The maximum atomic E-state index is 11.3. The highest BCUT2D eigenvalue weighted by molar-refractivity contribution is 6.69. The fraction of sp³-hybridized carbons (Fsp3) is 0.0714. The number of hydrogen-bond acceptors (Lipinski definition) is 3. The van der Waals surface area contributed by atoms with E-state index >= 15 is 0 Å². The number of aryl methyl sites for hydroxylation is 1. The van der Waals surface area contributed by atoms with Gasteiger partial charge < -0.3 is 0 Å². The Kier molecular flexibility index (Phi) is 3.61. The Balaban J connectivity index is 2.30. The number of carbonyl (C=O) groups is 1. The van der Waals surface area contributed by atoms with Gasteiger partial charge in [-0.15, -0.1) is 0 Å². The second-order valence-electron chi connectivity index (χ2n) is 4.43. The first-order valence-corrected chi connectivity index (χ1v) is 7.12. The van der Waals surface area contributed by atoms with Crippen LogP contribution in [-0.4, -0.2) is 20.0 Å². The van der Waals surface area contributed by atoms with Crippen molar-refractivity contribution in [1.29, 1.82) is 0 Å². The van der Waals surface area contributed by atoms with Crippen molar-refractivity contribution in [3.05, 3.63) is 51.8 Å². The van der Waals surface area contributed by atoms with E-state index in [9.17, 15) is 4.79 Å². The van der Waals surface area contributed by atoms with Crippen molar-refractivity contribution in [2.75, 3.05) is 0 Å². The molecule has 0 radical (unpaired) electrons. The third-order valence-electron chi connectivity index (χ3n) is 3.09. The molecule has 0 spiro atoms. The first-order chi connectivity index (χ1) is 9.99. The molecule has 7 heteroatoms. The zero-order chi connectivity index (χ0) is 15.1. The lowest BCUT2D eigenvalue weighted by Crippen LogP contribution is -1.99. The minimum absolute atomic E-state index is 0.171. The summed E-state index contributed by atoms with van der Waals surface area (Å²) in [5.74, 6) is 0. The molecule has 0 unspecified atom stereocenters. The molecule has 0 aliphatic carbocycles. The number of halogens is 3. The molecular formula is C14H8Cl3N3O. The molecular weight excluding hydrogens is 333 g/mol. The lowest BCUT2D eigenvalue weighted by atomic mass is 10.2. The van der Waals surface area contributed by atoms with Crippen LogP contribution in [-0.2, 0) is 0 Å². The van der Waals surface area contributed by atoms with E-state index in [4.69, 9.17) is 34.8 Å². The van der Waals surface area contributed by atoms with Crippen molar-refractivity contribution < 1.29 is 4.79 Å². The fourth-order valence-electron chi connectivity index (χ4n) is 2.11. The van der Waals surface area contributed by atoms with E-state index in [1.165, 1.54) is 6.20 Å². The van der Waals surface area contributed by atoms with Gasteiger partial charge in [-0.25, -0.2) is 9.67 Å². The van der Waals surface area contributed by atoms with Crippen LogP contribution in [0.3, 0.4) is 0 Å². The molecule has 0 saturated carbocycles. The van der Waals surface area contributed by atoms with Crippen molar-refractivity contribution >= 4 is 51.1 Å². The van der Waals surface area contributed by atoms with Crippen LogP contribution in [0.5, 0.6) is 0 Å². The summed E-state index contributed by atoms with van der Waals surface area (Å²) in [5.41, 5.74) is 2.19. The monoisotopic (exact) mass is 339 g/mol.